The van der Waals surface area contributed by atoms with E-state index in [2.05, 4.69) is 31.0 Å². The molecule has 2 aromatic rings. The van der Waals surface area contributed by atoms with Crippen LogP contribution >= 0.6 is 15.9 Å². The van der Waals surface area contributed by atoms with Crippen molar-refractivity contribution in [1.29, 1.82) is 0 Å². The van der Waals surface area contributed by atoms with Gasteiger partial charge in [0.05, 0.1) is 5.92 Å². The quantitative estimate of drug-likeness (QED) is 0.679. The highest BCUT2D eigenvalue weighted by Gasteiger charge is 2.35. The number of halogens is 2. The van der Waals surface area contributed by atoms with Crippen molar-refractivity contribution in [3.8, 4) is 0 Å². The van der Waals surface area contributed by atoms with Gasteiger partial charge in [-0.25, -0.2) is 4.39 Å². The van der Waals surface area contributed by atoms with Crippen LogP contribution < -0.4 is 15.1 Å². The fraction of sp³-hybridized carbons (Fsp3) is 0.391. The predicted octanol–water partition coefficient (Wildman–Crippen LogP) is 2.88. The van der Waals surface area contributed by atoms with Crippen LogP contribution in [0.15, 0.2) is 53.0 Å². The summed E-state index contributed by atoms with van der Waals surface area (Å²) in [4.78, 5) is 31.2. The molecule has 0 aliphatic carbocycles. The summed E-state index contributed by atoms with van der Waals surface area (Å²) in [6, 6.07) is 14.2. The molecule has 0 bridgehead atoms. The minimum absolute atomic E-state index is 0.0184. The van der Waals surface area contributed by atoms with Crippen LogP contribution in [0.25, 0.3) is 0 Å². The molecule has 2 aromatic carbocycles. The Morgan fingerprint density at radius 1 is 1.06 bits per heavy atom. The average Bonchev–Trinajstić information content (AvgIpc) is 3.17. The molecule has 2 fully saturated rings. The normalized spacial score (nSPS) is 19.7. The highest BCUT2D eigenvalue weighted by molar-refractivity contribution is 9.10. The second-order valence-electron chi connectivity index (χ2n) is 7.98. The van der Waals surface area contributed by atoms with Crippen molar-refractivity contribution in [3.63, 3.8) is 0 Å². The molecule has 1 atom stereocenters. The van der Waals surface area contributed by atoms with Gasteiger partial charge in [0.25, 0.3) is 0 Å². The molecule has 2 saturated heterocycles. The molecule has 0 aromatic heterocycles. The van der Waals surface area contributed by atoms with E-state index < -0.39 is 0 Å². The Labute approximate surface area is 190 Å². The lowest BCUT2D eigenvalue weighted by Gasteiger charge is -2.36. The van der Waals surface area contributed by atoms with Crippen LogP contribution in [0.1, 0.15) is 6.42 Å². The zero-order chi connectivity index (χ0) is 21.8. The van der Waals surface area contributed by atoms with Crippen molar-refractivity contribution in [2.75, 3.05) is 55.6 Å². The van der Waals surface area contributed by atoms with E-state index in [9.17, 15) is 14.0 Å². The van der Waals surface area contributed by atoms with Crippen molar-refractivity contribution in [3.05, 3.63) is 58.8 Å². The molecular weight excluding hydrogens is 463 g/mol. The lowest BCUT2D eigenvalue weighted by Crippen LogP contribution is -2.48. The number of amides is 2. The number of rotatable bonds is 6. The Morgan fingerprint density at radius 2 is 1.81 bits per heavy atom. The summed E-state index contributed by atoms with van der Waals surface area (Å²) in [6.45, 7) is 5.29. The molecule has 0 saturated carbocycles. The molecule has 2 aliphatic heterocycles. The van der Waals surface area contributed by atoms with E-state index in [1.807, 2.05) is 36.4 Å². The second-order valence-corrected chi connectivity index (χ2v) is 8.90. The highest BCUT2D eigenvalue weighted by atomic mass is 79.9. The van der Waals surface area contributed by atoms with E-state index >= 15 is 0 Å². The SMILES string of the molecule is O=C(NCCN1CCN(c2ccc(F)cc2)CC1)C1CC(=O)N(c2cccc(Br)c2)C1. The fourth-order valence-electron chi connectivity index (χ4n) is 4.14. The first-order chi connectivity index (χ1) is 15.0. The average molecular weight is 489 g/mol. The topological polar surface area (TPSA) is 55.9 Å². The van der Waals surface area contributed by atoms with Crippen molar-refractivity contribution in [1.82, 2.24) is 10.2 Å². The van der Waals surface area contributed by atoms with Crippen molar-refractivity contribution in [2.24, 2.45) is 5.92 Å². The molecule has 0 radical (unpaired) electrons. The molecule has 8 heteroatoms. The smallest absolute Gasteiger partial charge is 0.227 e. The third kappa shape index (κ3) is 5.43. The van der Waals surface area contributed by atoms with Gasteiger partial charge in [-0.15, -0.1) is 0 Å². The maximum absolute atomic E-state index is 13.1. The molecule has 2 heterocycles. The molecule has 4 rings (SSSR count). The van der Waals surface area contributed by atoms with Gasteiger partial charge >= 0.3 is 0 Å². The number of benzene rings is 2. The van der Waals surface area contributed by atoms with Crippen LogP contribution in [-0.4, -0.2) is 62.5 Å². The predicted molar refractivity (Wildman–Crippen MR) is 123 cm³/mol. The van der Waals surface area contributed by atoms with E-state index in [0.717, 1.165) is 48.6 Å². The van der Waals surface area contributed by atoms with E-state index in [1.54, 1.807) is 4.90 Å². The fourth-order valence-corrected chi connectivity index (χ4v) is 4.53. The Morgan fingerprint density at radius 3 is 2.52 bits per heavy atom. The Balaban J connectivity index is 1.19. The molecular formula is C23H26BrFN4O2. The van der Waals surface area contributed by atoms with Gasteiger partial charge in [0.2, 0.25) is 11.8 Å². The maximum atomic E-state index is 13.1. The van der Waals surface area contributed by atoms with Crippen LogP contribution in [-0.2, 0) is 9.59 Å². The zero-order valence-electron chi connectivity index (χ0n) is 17.3. The first-order valence-corrected chi connectivity index (χ1v) is 11.4. The number of anilines is 2. The minimum Gasteiger partial charge on any atom is -0.369 e. The van der Waals surface area contributed by atoms with Crippen molar-refractivity contribution in [2.45, 2.75) is 6.42 Å². The van der Waals surface area contributed by atoms with Gasteiger partial charge in [-0.2, -0.15) is 0 Å². The number of piperazine rings is 1. The standard InChI is InChI=1S/C23H26BrFN4O2/c24-18-2-1-3-21(15-18)29-16-17(14-22(29)30)23(31)26-8-9-27-10-12-28(13-11-27)20-6-4-19(25)5-7-20/h1-7,15,17H,8-14,16H2,(H,26,31). The summed E-state index contributed by atoms with van der Waals surface area (Å²) in [5.41, 5.74) is 1.85. The van der Waals surface area contributed by atoms with E-state index in [0.29, 0.717) is 13.1 Å². The van der Waals surface area contributed by atoms with Crippen molar-refractivity contribution < 1.29 is 14.0 Å². The molecule has 1 N–H and O–H groups in total. The van der Waals surface area contributed by atoms with Crippen LogP contribution in [0.4, 0.5) is 15.8 Å². The number of carbonyl (C=O) groups excluding carboxylic acids is 2. The molecule has 164 valence electrons. The number of carbonyl (C=O) groups is 2. The second kappa shape index (κ2) is 9.78. The Kier molecular flexibility index (Phi) is 6.87. The molecule has 6 nitrogen and oxygen atoms in total. The van der Waals surface area contributed by atoms with Gasteiger partial charge in [-0.05, 0) is 42.5 Å². The van der Waals surface area contributed by atoms with Crippen LogP contribution in [0.3, 0.4) is 0 Å². The lowest BCUT2D eigenvalue weighted by molar-refractivity contribution is -0.126. The Hall–Kier alpha value is -2.45. The van der Waals surface area contributed by atoms with E-state index in [1.165, 1.54) is 12.1 Å². The largest absolute Gasteiger partial charge is 0.369 e. The van der Waals surface area contributed by atoms with Gasteiger partial charge in [0.15, 0.2) is 0 Å². The molecule has 1 unspecified atom stereocenters. The van der Waals surface area contributed by atoms with E-state index in [-0.39, 0.29) is 30.0 Å². The number of hydrogen-bond acceptors (Lipinski definition) is 4. The maximum Gasteiger partial charge on any atom is 0.227 e. The molecule has 2 aliphatic rings. The summed E-state index contributed by atoms with van der Waals surface area (Å²) in [5.74, 6) is -0.616. The molecule has 0 spiro atoms. The van der Waals surface area contributed by atoms with Crippen LogP contribution in [0.2, 0.25) is 0 Å². The number of hydrogen-bond donors (Lipinski definition) is 1. The van der Waals surface area contributed by atoms with Crippen LogP contribution in [0.5, 0.6) is 0 Å². The summed E-state index contributed by atoms with van der Waals surface area (Å²) >= 11 is 3.42. The van der Waals surface area contributed by atoms with Crippen LogP contribution in [0, 0.1) is 11.7 Å². The summed E-state index contributed by atoms with van der Waals surface area (Å²) in [6.07, 6.45) is 0.245. The highest BCUT2D eigenvalue weighted by Crippen LogP contribution is 2.27. The van der Waals surface area contributed by atoms with Gasteiger partial charge < -0.3 is 15.1 Å². The lowest BCUT2D eigenvalue weighted by atomic mass is 10.1. The first-order valence-electron chi connectivity index (χ1n) is 10.6. The minimum atomic E-state index is -0.318. The zero-order valence-corrected chi connectivity index (χ0v) is 18.9. The summed E-state index contributed by atoms with van der Waals surface area (Å²) in [7, 11) is 0. The monoisotopic (exact) mass is 488 g/mol. The van der Waals surface area contributed by atoms with Gasteiger partial charge in [-0.3, -0.25) is 14.5 Å². The van der Waals surface area contributed by atoms with Crippen molar-refractivity contribution >= 4 is 39.1 Å². The molecule has 31 heavy (non-hydrogen) atoms. The number of nitrogens with one attached hydrogen (secondary N) is 1. The third-order valence-corrected chi connectivity index (χ3v) is 6.40. The third-order valence-electron chi connectivity index (χ3n) is 5.91. The Bertz CT molecular complexity index is 931. The summed E-state index contributed by atoms with van der Waals surface area (Å²) < 4.78 is 14.0. The summed E-state index contributed by atoms with van der Waals surface area (Å²) in [5, 5.41) is 3.00. The van der Waals surface area contributed by atoms with Gasteiger partial charge in [0.1, 0.15) is 5.82 Å². The number of nitrogens with zero attached hydrogens (tertiary/aromatic N) is 3. The van der Waals surface area contributed by atoms with Gasteiger partial charge in [-0.1, -0.05) is 22.0 Å². The van der Waals surface area contributed by atoms with Gasteiger partial charge in [0, 0.05) is 68.1 Å². The van der Waals surface area contributed by atoms with E-state index in [4.69, 9.17) is 0 Å². The first kappa shape index (κ1) is 21.8. The molecule has 2 amide bonds.